The highest BCUT2D eigenvalue weighted by Crippen LogP contribution is 2.23. The van der Waals surface area contributed by atoms with Crippen molar-refractivity contribution in [2.24, 2.45) is 0 Å². The van der Waals surface area contributed by atoms with Crippen molar-refractivity contribution in [1.29, 1.82) is 0 Å². The van der Waals surface area contributed by atoms with Crippen LogP contribution >= 0.6 is 22.7 Å². The Bertz CT molecular complexity index is 782. The summed E-state index contributed by atoms with van der Waals surface area (Å²) in [7, 11) is 4.03. The van der Waals surface area contributed by atoms with E-state index in [-0.39, 0.29) is 11.9 Å². The smallest absolute Gasteiger partial charge is 0.227 e. The van der Waals surface area contributed by atoms with Crippen molar-refractivity contribution < 1.29 is 9.32 Å². The number of thiophene rings is 2. The maximum Gasteiger partial charge on any atom is 0.227 e. The summed E-state index contributed by atoms with van der Waals surface area (Å²) in [5, 5.41) is 11.0. The zero-order chi connectivity index (χ0) is 17.6. The third-order valence-electron chi connectivity index (χ3n) is 3.76. The van der Waals surface area contributed by atoms with Crippen molar-refractivity contribution in [3.63, 3.8) is 0 Å². The Morgan fingerprint density at radius 3 is 2.76 bits per heavy atom. The second-order valence-electron chi connectivity index (χ2n) is 5.79. The quantitative estimate of drug-likeness (QED) is 0.654. The SMILES string of the molecule is CN(C)C(CNC(=O)CCc1nc(-c2cccs2)no1)c1cccs1. The molecule has 0 aliphatic rings. The molecule has 132 valence electrons. The number of aryl methyl sites for hydroxylation is 1. The van der Waals surface area contributed by atoms with Gasteiger partial charge < -0.3 is 14.7 Å². The molecule has 3 aromatic heterocycles. The normalized spacial score (nSPS) is 12.4. The van der Waals surface area contributed by atoms with E-state index in [9.17, 15) is 4.79 Å². The average Bonchev–Trinajstić information content (AvgIpc) is 3.33. The van der Waals surface area contributed by atoms with Crippen LogP contribution in [0.5, 0.6) is 0 Å². The average molecular weight is 377 g/mol. The minimum absolute atomic E-state index is 0.0146. The molecular weight excluding hydrogens is 356 g/mol. The van der Waals surface area contributed by atoms with Gasteiger partial charge in [0, 0.05) is 24.3 Å². The molecule has 3 aromatic rings. The van der Waals surface area contributed by atoms with Crippen LogP contribution in [0.15, 0.2) is 39.5 Å². The van der Waals surface area contributed by atoms with Gasteiger partial charge in [0.25, 0.3) is 0 Å². The standard InChI is InChI=1S/C17H20N4O2S2/c1-21(2)12(13-5-3-9-24-13)11-18-15(22)7-8-16-19-17(20-23-16)14-6-4-10-25-14/h3-6,9-10,12H,7-8,11H2,1-2H3,(H,18,22). The fraction of sp³-hybridized carbons (Fsp3) is 0.353. The van der Waals surface area contributed by atoms with Gasteiger partial charge in [-0.05, 0) is 37.0 Å². The number of nitrogens with zero attached hydrogens (tertiary/aromatic N) is 3. The van der Waals surface area contributed by atoms with Crippen molar-refractivity contribution in [3.8, 4) is 10.7 Å². The maximum absolute atomic E-state index is 12.1. The molecule has 25 heavy (non-hydrogen) atoms. The highest BCUT2D eigenvalue weighted by Gasteiger charge is 2.17. The first-order chi connectivity index (χ1) is 12.1. The lowest BCUT2D eigenvalue weighted by Gasteiger charge is -2.23. The summed E-state index contributed by atoms with van der Waals surface area (Å²) in [6, 6.07) is 8.18. The van der Waals surface area contributed by atoms with Gasteiger partial charge in [0.2, 0.25) is 17.6 Å². The zero-order valence-corrected chi connectivity index (χ0v) is 15.8. The number of likely N-dealkylation sites (N-methyl/N-ethyl adjacent to an activating group) is 1. The van der Waals surface area contributed by atoms with Crippen LogP contribution in [0.3, 0.4) is 0 Å². The lowest BCUT2D eigenvalue weighted by Crippen LogP contribution is -2.34. The van der Waals surface area contributed by atoms with E-state index in [2.05, 4.69) is 31.8 Å². The summed E-state index contributed by atoms with van der Waals surface area (Å²) in [5.41, 5.74) is 0. The first-order valence-corrected chi connectivity index (χ1v) is 9.72. The predicted octanol–water partition coefficient (Wildman–Crippen LogP) is 3.21. The minimum Gasteiger partial charge on any atom is -0.354 e. The Labute approximate surface area is 154 Å². The molecule has 1 atom stereocenters. The molecule has 0 spiro atoms. The van der Waals surface area contributed by atoms with E-state index < -0.39 is 0 Å². The monoisotopic (exact) mass is 376 g/mol. The zero-order valence-electron chi connectivity index (χ0n) is 14.1. The van der Waals surface area contributed by atoms with Gasteiger partial charge in [-0.2, -0.15) is 4.98 Å². The van der Waals surface area contributed by atoms with Gasteiger partial charge in [-0.15, -0.1) is 22.7 Å². The van der Waals surface area contributed by atoms with Crippen LogP contribution in [0.1, 0.15) is 23.2 Å². The Hall–Kier alpha value is -2.03. The molecule has 1 unspecified atom stereocenters. The molecule has 0 radical (unpaired) electrons. The first-order valence-electron chi connectivity index (χ1n) is 7.96. The molecule has 0 saturated carbocycles. The minimum atomic E-state index is -0.0146. The summed E-state index contributed by atoms with van der Waals surface area (Å²) in [5.74, 6) is 1.05. The van der Waals surface area contributed by atoms with Crippen LogP contribution in [0.25, 0.3) is 10.7 Å². The Morgan fingerprint density at radius 1 is 1.28 bits per heavy atom. The van der Waals surface area contributed by atoms with E-state index in [1.807, 2.05) is 37.7 Å². The number of rotatable bonds is 8. The molecule has 1 amide bonds. The molecular formula is C17H20N4O2S2. The fourth-order valence-electron chi connectivity index (χ4n) is 2.40. The van der Waals surface area contributed by atoms with Crippen molar-refractivity contribution in [3.05, 3.63) is 45.8 Å². The molecule has 0 aliphatic carbocycles. The summed E-state index contributed by atoms with van der Waals surface area (Å²) in [6.45, 7) is 0.580. The predicted molar refractivity (Wildman–Crippen MR) is 99.7 cm³/mol. The second-order valence-corrected chi connectivity index (χ2v) is 7.71. The van der Waals surface area contributed by atoms with Crippen molar-refractivity contribution in [2.45, 2.75) is 18.9 Å². The number of carbonyl (C=O) groups excluding carboxylic acids is 1. The third-order valence-corrected chi connectivity index (χ3v) is 5.60. The van der Waals surface area contributed by atoms with Gasteiger partial charge in [-0.3, -0.25) is 4.79 Å². The molecule has 6 nitrogen and oxygen atoms in total. The van der Waals surface area contributed by atoms with E-state index in [1.165, 1.54) is 4.88 Å². The largest absolute Gasteiger partial charge is 0.354 e. The summed E-state index contributed by atoms with van der Waals surface area (Å²) in [6.07, 6.45) is 0.770. The van der Waals surface area contributed by atoms with Crippen LogP contribution < -0.4 is 5.32 Å². The Balaban J connectivity index is 1.48. The number of amides is 1. The van der Waals surface area contributed by atoms with Gasteiger partial charge in [0.15, 0.2) is 0 Å². The van der Waals surface area contributed by atoms with Gasteiger partial charge >= 0.3 is 0 Å². The third kappa shape index (κ3) is 4.75. The van der Waals surface area contributed by atoms with E-state index >= 15 is 0 Å². The fourth-order valence-corrected chi connectivity index (χ4v) is 3.97. The summed E-state index contributed by atoms with van der Waals surface area (Å²) >= 11 is 3.26. The van der Waals surface area contributed by atoms with E-state index in [4.69, 9.17) is 4.52 Å². The van der Waals surface area contributed by atoms with Crippen LogP contribution in [-0.2, 0) is 11.2 Å². The van der Waals surface area contributed by atoms with Crippen LogP contribution in [0.2, 0.25) is 0 Å². The molecule has 1 N–H and O–H groups in total. The van der Waals surface area contributed by atoms with Crippen LogP contribution in [0, 0.1) is 0 Å². The van der Waals surface area contributed by atoms with Crippen molar-refractivity contribution in [2.75, 3.05) is 20.6 Å². The van der Waals surface area contributed by atoms with E-state index in [0.717, 1.165) is 4.88 Å². The topological polar surface area (TPSA) is 71.3 Å². The van der Waals surface area contributed by atoms with Crippen molar-refractivity contribution >= 4 is 28.6 Å². The lowest BCUT2D eigenvalue weighted by atomic mass is 10.2. The molecule has 0 aliphatic heterocycles. The second kappa shape index (κ2) is 8.37. The molecule has 8 heteroatoms. The van der Waals surface area contributed by atoms with Crippen LogP contribution in [0.4, 0.5) is 0 Å². The molecule has 0 aromatic carbocycles. The molecule has 3 rings (SSSR count). The lowest BCUT2D eigenvalue weighted by molar-refractivity contribution is -0.121. The molecule has 0 bridgehead atoms. The maximum atomic E-state index is 12.1. The van der Waals surface area contributed by atoms with E-state index in [1.54, 1.807) is 22.7 Å². The van der Waals surface area contributed by atoms with E-state index in [0.29, 0.717) is 31.1 Å². The Morgan fingerprint density at radius 2 is 2.08 bits per heavy atom. The number of nitrogens with one attached hydrogen (secondary N) is 1. The van der Waals surface area contributed by atoms with Gasteiger partial charge in [0.1, 0.15) is 0 Å². The number of hydrogen-bond donors (Lipinski definition) is 1. The summed E-state index contributed by atoms with van der Waals surface area (Å²) in [4.78, 5) is 20.8. The highest BCUT2D eigenvalue weighted by molar-refractivity contribution is 7.13. The number of aromatic nitrogens is 2. The van der Waals surface area contributed by atoms with Gasteiger partial charge in [0.05, 0.1) is 10.9 Å². The highest BCUT2D eigenvalue weighted by atomic mass is 32.1. The van der Waals surface area contributed by atoms with Gasteiger partial charge in [-0.1, -0.05) is 17.3 Å². The molecule has 3 heterocycles. The molecule has 0 fully saturated rings. The molecule has 0 saturated heterocycles. The van der Waals surface area contributed by atoms with Gasteiger partial charge in [-0.25, -0.2) is 0 Å². The first kappa shape index (κ1) is 17.8. The van der Waals surface area contributed by atoms with Crippen LogP contribution in [-0.4, -0.2) is 41.6 Å². The Kier molecular flexibility index (Phi) is 5.95. The number of carbonyl (C=O) groups is 1. The number of hydrogen-bond acceptors (Lipinski definition) is 7. The summed E-state index contributed by atoms with van der Waals surface area (Å²) < 4.78 is 5.22. The van der Waals surface area contributed by atoms with Crippen molar-refractivity contribution in [1.82, 2.24) is 20.4 Å².